The van der Waals surface area contributed by atoms with Gasteiger partial charge in [0.1, 0.15) is 49.4 Å². The summed E-state index contributed by atoms with van der Waals surface area (Å²) >= 11 is 0. The van der Waals surface area contributed by atoms with Gasteiger partial charge in [0.05, 0.1) is 70.6 Å². The molecule has 4 aromatic carbocycles. The van der Waals surface area contributed by atoms with Gasteiger partial charge in [-0.15, -0.1) is 0 Å². The Labute approximate surface area is 590 Å². The lowest BCUT2D eigenvalue weighted by atomic mass is 9.92. The fourth-order valence-electron chi connectivity index (χ4n) is 18.8. The van der Waals surface area contributed by atoms with Crippen molar-refractivity contribution in [2.24, 2.45) is 20.0 Å². The number of allylic oxidation sites excluding steroid dienone is 4. The highest BCUT2D eigenvalue weighted by Crippen LogP contribution is 2.55. The van der Waals surface area contributed by atoms with E-state index in [-0.39, 0.29) is 0 Å². The number of benzene rings is 4. The Morgan fingerprint density at radius 3 is 0.960 bits per heavy atom. The van der Waals surface area contributed by atoms with Crippen LogP contribution < -0.4 is 29.6 Å². The summed E-state index contributed by atoms with van der Waals surface area (Å²) in [6, 6.07) is 44.5. The van der Waals surface area contributed by atoms with Gasteiger partial charge in [-0.25, -0.2) is 0 Å². The topological polar surface area (TPSA) is 128 Å². The van der Waals surface area contributed by atoms with Crippen molar-refractivity contribution in [2.75, 3.05) is 157 Å². The Morgan fingerprint density at radius 1 is 0.317 bits per heavy atom. The molecule has 20 heteroatoms. The molecule has 16 heterocycles. The van der Waals surface area contributed by atoms with Crippen molar-refractivity contribution in [3.8, 4) is 23.0 Å². The van der Waals surface area contributed by atoms with E-state index in [4.69, 9.17) is 38.9 Å². The van der Waals surface area contributed by atoms with Crippen molar-refractivity contribution < 1.29 is 28.1 Å². The van der Waals surface area contributed by atoms with Crippen LogP contribution in [0, 0.1) is 0 Å². The van der Waals surface area contributed by atoms with Gasteiger partial charge in [0.25, 0.3) is 0 Å². The second-order valence-electron chi connectivity index (χ2n) is 28.7. The minimum Gasteiger partial charge on any atom is -0.491 e. The fraction of sp³-hybridized carbons (Fsp3) is 0.407. The molecule has 0 bridgehead atoms. The van der Waals surface area contributed by atoms with Gasteiger partial charge in [-0.3, -0.25) is 20.0 Å². The SMILES string of the molecule is C1=CC2=[N+]3C1=C(c1ccccc1OCCN1CCCN4CCCN=C41)c1ccc4n1C31n3c(ccc3=C(c3ccccc3OCCN3CCCN5CCCN=C53)C3=[N+]1C(=C4c1ccccc1OCCN1CCCN4CCCN=C41)C=C3)=C2c1ccccc1OCCN1CCCN2CCCN=C21. The zero-order valence-electron chi connectivity index (χ0n) is 57.8. The van der Waals surface area contributed by atoms with Gasteiger partial charge in [-0.1, -0.05) is 81.9 Å². The first-order valence-electron chi connectivity index (χ1n) is 37.6. The molecule has 6 aromatic rings. The monoisotopic (exact) mass is 1350 g/mol. The maximum absolute atomic E-state index is 7.20. The molecule has 101 heavy (non-hydrogen) atoms. The average molecular weight is 1350 g/mol. The van der Waals surface area contributed by atoms with Crippen LogP contribution in [-0.4, -0.2) is 250 Å². The van der Waals surface area contributed by atoms with Gasteiger partial charge in [0.15, 0.2) is 23.8 Å². The first-order valence-corrected chi connectivity index (χ1v) is 37.6. The number of guanidine groups is 4. The molecule has 0 unspecified atom stereocenters. The molecule has 0 atom stereocenters. The van der Waals surface area contributed by atoms with E-state index in [0.717, 1.165) is 319 Å². The van der Waals surface area contributed by atoms with E-state index in [2.05, 4.69) is 203 Å². The summed E-state index contributed by atoms with van der Waals surface area (Å²) in [4.78, 5) is 39.9. The number of nitrogens with zero attached hydrogens (tertiary/aromatic N) is 16. The summed E-state index contributed by atoms with van der Waals surface area (Å²) in [6.45, 7) is 21.0. The molecular formula is C81H88N16O4+2. The Bertz CT molecular complexity index is 4570. The summed E-state index contributed by atoms with van der Waals surface area (Å²) < 4.78 is 39.5. The Kier molecular flexibility index (Phi) is 15.1. The molecule has 0 N–H and O–H groups in total. The van der Waals surface area contributed by atoms with Crippen LogP contribution in [-0.2, 0) is 5.91 Å². The number of aliphatic imine (C=N–C) groups is 4. The summed E-state index contributed by atoms with van der Waals surface area (Å²) in [5, 5.41) is 2.17. The number of para-hydroxylation sites is 4. The third-order valence-corrected chi connectivity index (χ3v) is 22.9. The predicted molar refractivity (Wildman–Crippen MR) is 394 cm³/mol. The summed E-state index contributed by atoms with van der Waals surface area (Å²) in [6.07, 6.45) is 18.4. The van der Waals surface area contributed by atoms with Crippen LogP contribution in [0.25, 0.3) is 22.3 Å². The Hall–Kier alpha value is -10.2. The molecule has 20 nitrogen and oxygen atoms in total. The van der Waals surface area contributed by atoms with Crippen molar-refractivity contribution in [2.45, 2.75) is 57.3 Å². The number of ether oxygens (including phenoxy) is 4. The number of rotatable bonds is 20. The summed E-state index contributed by atoms with van der Waals surface area (Å²) in [5.41, 5.74) is 15.0. The molecule has 20 rings (SSSR count). The molecule has 14 aliphatic rings. The smallest absolute Gasteiger partial charge is 0.491 e. The second kappa shape index (κ2) is 25.1. The molecule has 0 saturated carbocycles. The van der Waals surface area contributed by atoms with E-state index in [9.17, 15) is 0 Å². The maximum atomic E-state index is 7.20. The third-order valence-electron chi connectivity index (χ3n) is 22.9. The highest BCUT2D eigenvalue weighted by atomic mass is 16.5. The van der Waals surface area contributed by atoms with Crippen molar-refractivity contribution in [3.63, 3.8) is 0 Å². The van der Waals surface area contributed by atoms with E-state index in [0.29, 0.717) is 26.4 Å². The Morgan fingerprint density at radius 2 is 0.624 bits per heavy atom. The van der Waals surface area contributed by atoms with Gasteiger partial charge >= 0.3 is 5.91 Å². The minimum absolute atomic E-state index is 0.513. The van der Waals surface area contributed by atoms with Crippen LogP contribution in [0.3, 0.4) is 0 Å². The van der Waals surface area contributed by atoms with Gasteiger partial charge in [0, 0.05) is 151 Å². The lowest BCUT2D eigenvalue weighted by Crippen LogP contribution is -2.71. The molecule has 514 valence electrons. The zero-order valence-corrected chi connectivity index (χ0v) is 57.8. The molecule has 14 aliphatic heterocycles. The molecule has 4 fully saturated rings. The fourth-order valence-corrected chi connectivity index (χ4v) is 18.8. The first-order chi connectivity index (χ1) is 50.2. The van der Waals surface area contributed by atoms with Gasteiger partial charge in [-0.05, 0) is 99.9 Å². The molecular weight excluding hydrogens is 1260 g/mol. The highest BCUT2D eigenvalue weighted by molar-refractivity contribution is 6.30. The van der Waals surface area contributed by atoms with E-state index in [1.807, 2.05) is 0 Å². The minimum atomic E-state index is -1.08. The molecule has 1 spiro atoms. The average Bonchev–Trinajstić information content (AvgIpc) is 1.50. The number of aromatic nitrogens is 2. The van der Waals surface area contributed by atoms with Crippen LogP contribution in [0.1, 0.15) is 85.0 Å². The lowest BCUT2D eigenvalue weighted by Gasteiger charge is -2.41. The summed E-state index contributed by atoms with van der Waals surface area (Å²) in [5.74, 6) is 6.81. The summed E-state index contributed by atoms with van der Waals surface area (Å²) in [7, 11) is 0. The van der Waals surface area contributed by atoms with Crippen molar-refractivity contribution >= 4 is 57.6 Å². The standard InChI is InChI=1S/C81H88N16O4/c1-5-21-69(98-53-49-90-45-13-41-86-37-9-33-82-77(86)90)57(17-1)73-61-25-27-63-74(58-18-2-6-22-70(58)99-54-50-91-46-14-42-87-38-10-34-83-78(87)91)65-29-31-67-76(60-20-4-8-24-72(60)101-56-52-93-48-16-44-89-40-12-36-85-80(89)93)68-32-30-66-75(64-28-26-62(73)95(64)81(94(61)63,96(65)67)97(66)68)59-19-3-7-23-71(59)100-55-51-92-47-15-43-88-39-11-35-84-79(88)92/h1-8,17-32H,9-16,33-56H2/q+2. The van der Waals surface area contributed by atoms with E-state index in [1.165, 1.54) is 0 Å². The van der Waals surface area contributed by atoms with Crippen molar-refractivity contribution in [3.05, 3.63) is 201 Å². The highest BCUT2D eigenvalue weighted by Gasteiger charge is 2.73. The van der Waals surface area contributed by atoms with Crippen LogP contribution in [0.15, 0.2) is 177 Å². The molecule has 0 amide bonds. The van der Waals surface area contributed by atoms with Crippen molar-refractivity contribution in [1.29, 1.82) is 0 Å². The van der Waals surface area contributed by atoms with E-state index in [1.54, 1.807) is 0 Å². The quantitative estimate of drug-likeness (QED) is 0.0731. The van der Waals surface area contributed by atoms with Crippen LogP contribution in [0.5, 0.6) is 23.0 Å². The van der Waals surface area contributed by atoms with Crippen molar-refractivity contribution in [1.82, 2.24) is 48.3 Å². The third kappa shape index (κ3) is 9.79. The Balaban J connectivity index is 0.776. The van der Waals surface area contributed by atoms with E-state index >= 15 is 0 Å². The van der Waals surface area contributed by atoms with Gasteiger partial charge in [0.2, 0.25) is 22.8 Å². The maximum Gasteiger partial charge on any atom is 0.553 e. The molecule has 0 aliphatic carbocycles. The van der Waals surface area contributed by atoms with E-state index < -0.39 is 5.91 Å². The number of hydrogen-bond donors (Lipinski definition) is 0. The largest absolute Gasteiger partial charge is 0.553 e. The molecule has 2 aromatic heterocycles. The number of hydrogen-bond acceptors (Lipinski definition) is 16. The predicted octanol–water partition coefficient (Wildman–Crippen LogP) is 7.01. The molecule has 4 saturated heterocycles. The normalized spacial score (nSPS) is 21.1. The second-order valence-corrected chi connectivity index (χ2v) is 28.7. The lowest BCUT2D eigenvalue weighted by molar-refractivity contribution is -0.834. The number of fused-ring (bicyclic) bond motifs is 4. The van der Waals surface area contributed by atoms with Crippen LogP contribution in [0.4, 0.5) is 0 Å². The van der Waals surface area contributed by atoms with Gasteiger partial charge < -0.3 is 58.1 Å². The zero-order chi connectivity index (χ0) is 66.5. The first kappa shape index (κ1) is 60.7. The van der Waals surface area contributed by atoms with Gasteiger partial charge in [-0.2, -0.15) is 9.13 Å². The van der Waals surface area contributed by atoms with Crippen LogP contribution >= 0.6 is 0 Å². The van der Waals surface area contributed by atoms with Crippen LogP contribution in [0.2, 0.25) is 0 Å². The molecule has 0 radical (unpaired) electrons.